The Labute approximate surface area is 185 Å². The van der Waals surface area contributed by atoms with E-state index in [0.29, 0.717) is 11.1 Å². The van der Waals surface area contributed by atoms with Crippen molar-refractivity contribution in [2.45, 2.75) is 66.6 Å². The number of fused-ring (bicyclic) bond motifs is 1. The van der Waals surface area contributed by atoms with Gasteiger partial charge in [-0.15, -0.1) is 0 Å². The molecule has 1 aromatic carbocycles. The number of amides is 4. The predicted octanol–water partition coefficient (Wildman–Crippen LogP) is 3.96. The third-order valence-corrected chi connectivity index (χ3v) is 3.29. The highest BCUT2D eigenvalue weighted by Gasteiger charge is 2.34. The van der Waals surface area contributed by atoms with Crippen molar-refractivity contribution in [1.82, 2.24) is 10.2 Å². The van der Waals surface area contributed by atoms with E-state index in [2.05, 4.69) is 10.1 Å². The van der Waals surface area contributed by atoms with Gasteiger partial charge in [0.1, 0.15) is 11.2 Å². The fourth-order valence-electron chi connectivity index (χ4n) is 2.33. The summed E-state index contributed by atoms with van der Waals surface area (Å²) in [5.41, 5.74) is 4.49. The summed E-state index contributed by atoms with van der Waals surface area (Å²) >= 11 is 0. The van der Waals surface area contributed by atoms with E-state index < -0.39 is 23.4 Å². The van der Waals surface area contributed by atoms with Gasteiger partial charge in [0, 0.05) is 14.5 Å². The quantitative estimate of drug-likeness (QED) is 0.686. The Morgan fingerprint density at radius 1 is 0.935 bits per heavy atom. The smallest absolute Gasteiger partial charge is 0.407 e. The minimum atomic E-state index is -0.725. The molecule has 0 atom stereocenters. The van der Waals surface area contributed by atoms with Gasteiger partial charge in [-0.3, -0.25) is 14.5 Å². The van der Waals surface area contributed by atoms with Crippen molar-refractivity contribution in [1.29, 1.82) is 0 Å². The van der Waals surface area contributed by atoms with E-state index in [1.807, 2.05) is 13.8 Å². The number of carbonyl (C=O) groups is 4. The SMILES string of the molecule is CC.CC(C)(C)OC(=O)NCCN1C(=O)c2ccccc2C1=O.CC(C)(C)OC(N)=O.[HH]. The standard InChI is InChI=1S/C15H18N2O4.C5H11NO2.C2H6.H2/c1-15(2,3)21-14(20)16-8-9-17-12(18)10-6-4-5-7-11(10)13(17)19;1-5(2,3)8-4(6)7;1-2;/h4-7H,8-9H2,1-3H3,(H,16,20);1-3H3,(H2,6,7);1-2H3;1H. The number of nitrogens with one attached hydrogen (secondary N) is 1. The number of nitrogens with zero attached hydrogens (tertiary/aromatic N) is 1. The molecule has 0 saturated carbocycles. The summed E-state index contributed by atoms with van der Waals surface area (Å²) in [4.78, 5) is 46.8. The van der Waals surface area contributed by atoms with Crippen molar-refractivity contribution in [3.63, 3.8) is 0 Å². The second kappa shape index (κ2) is 11.9. The molecule has 9 heteroatoms. The zero-order chi connectivity index (χ0) is 24.4. The lowest BCUT2D eigenvalue weighted by atomic mass is 10.1. The zero-order valence-electron chi connectivity index (χ0n) is 19.7. The van der Waals surface area contributed by atoms with Crippen molar-refractivity contribution >= 4 is 24.0 Å². The summed E-state index contributed by atoms with van der Waals surface area (Å²) in [5, 5.41) is 2.53. The molecule has 176 valence electrons. The van der Waals surface area contributed by atoms with Crippen LogP contribution in [0.4, 0.5) is 9.59 Å². The summed E-state index contributed by atoms with van der Waals surface area (Å²) in [6.07, 6.45) is -1.29. The number of primary amides is 1. The van der Waals surface area contributed by atoms with E-state index in [9.17, 15) is 19.2 Å². The van der Waals surface area contributed by atoms with Crippen LogP contribution in [0.25, 0.3) is 0 Å². The first-order valence-corrected chi connectivity index (χ1v) is 10.1. The van der Waals surface area contributed by atoms with Crippen LogP contribution in [-0.2, 0) is 9.47 Å². The average molecular weight is 440 g/mol. The number of ether oxygens (including phenoxy) is 2. The first kappa shape index (κ1) is 27.9. The van der Waals surface area contributed by atoms with Gasteiger partial charge in [0.2, 0.25) is 0 Å². The Balaban J connectivity index is 0. The lowest BCUT2D eigenvalue weighted by Gasteiger charge is -2.20. The van der Waals surface area contributed by atoms with Crippen LogP contribution in [0, 0.1) is 0 Å². The largest absolute Gasteiger partial charge is 0.444 e. The predicted molar refractivity (Wildman–Crippen MR) is 120 cm³/mol. The van der Waals surface area contributed by atoms with Crippen LogP contribution >= 0.6 is 0 Å². The summed E-state index contributed by atoms with van der Waals surface area (Å²) < 4.78 is 9.66. The van der Waals surface area contributed by atoms with Crippen LogP contribution in [0.1, 0.15) is 77.5 Å². The van der Waals surface area contributed by atoms with Crippen molar-refractivity contribution < 1.29 is 30.1 Å². The summed E-state index contributed by atoms with van der Waals surface area (Å²) in [5.74, 6) is -0.664. The molecule has 1 heterocycles. The number of hydrogen-bond acceptors (Lipinski definition) is 6. The molecule has 0 spiro atoms. The third kappa shape index (κ3) is 10.5. The molecule has 9 nitrogen and oxygen atoms in total. The molecule has 0 saturated heterocycles. The lowest BCUT2D eigenvalue weighted by molar-refractivity contribution is 0.0504. The van der Waals surface area contributed by atoms with Gasteiger partial charge < -0.3 is 20.5 Å². The van der Waals surface area contributed by atoms with Gasteiger partial charge in [0.15, 0.2) is 0 Å². The van der Waals surface area contributed by atoms with E-state index in [-0.39, 0.29) is 26.3 Å². The van der Waals surface area contributed by atoms with Gasteiger partial charge >= 0.3 is 12.2 Å². The van der Waals surface area contributed by atoms with Crippen LogP contribution in [-0.4, -0.2) is 53.2 Å². The van der Waals surface area contributed by atoms with E-state index in [0.717, 1.165) is 4.90 Å². The molecule has 1 aliphatic heterocycles. The monoisotopic (exact) mass is 439 g/mol. The second-order valence-electron chi connectivity index (χ2n) is 8.27. The molecule has 2 rings (SSSR count). The maximum absolute atomic E-state index is 12.1. The van der Waals surface area contributed by atoms with E-state index in [4.69, 9.17) is 10.5 Å². The number of rotatable bonds is 3. The molecule has 3 N–H and O–H groups in total. The highest BCUT2D eigenvalue weighted by atomic mass is 16.6. The van der Waals surface area contributed by atoms with Crippen LogP contribution in [0.5, 0.6) is 0 Å². The molecule has 0 bridgehead atoms. The third-order valence-electron chi connectivity index (χ3n) is 3.29. The van der Waals surface area contributed by atoms with Crippen LogP contribution in [0.3, 0.4) is 0 Å². The van der Waals surface area contributed by atoms with Gasteiger partial charge in [-0.1, -0.05) is 26.0 Å². The number of alkyl carbamates (subject to hydrolysis) is 1. The fraction of sp³-hybridized carbons (Fsp3) is 0.545. The van der Waals surface area contributed by atoms with Crippen molar-refractivity contribution in [3.05, 3.63) is 35.4 Å². The molecule has 0 aromatic heterocycles. The van der Waals surface area contributed by atoms with E-state index in [1.165, 1.54) is 0 Å². The highest BCUT2D eigenvalue weighted by molar-refractivity contribution is 6.21. The Morgan fingerprint density at radius 2 is 1.35 bits per heavy atom. The van der Waals surface area contributed by atoms with Crippen molar-refractivity contribution in [2.24, 2.45) is 5.73 Å². The summed E-state index contributed by atoms with van der Waals surface area (Å²) in [7, 11) is 0. The Bertz CT molecular complexity index is 750. The summed E-state index contributed by atoms with van der Waals surface area (Å²) in [6.45, 7) is 14.8. The van der Waals surface area contributed by atoms with Gasteiger partial charge in [-0.05, 0) is 53.7 Å². The number of benzene rings is 1. The molecular formula is C22H37N3O6. The van der Waals surface area contributed by atoms with E-state index in [1.54, 1.807) is 65.8 Å². The number of nitrogens with two attached hydrogens (primary N) is 1. The maximum Gasteiger partial charge on any atom is 0.407 e. The Kier molecular flexibility index (Phi) is 10.7. The normalized spacial score (nSPS) is 12.6. The molecule has 4 amide bonds. The minimum Gasteiger partial charge on any atom is -0.444 e. The average Bonchev–Trinajstić information content (AvgIpc) is 2.86. The lowest BCUT2D eigenvalue weighted by Crippen LogP contribution is -2.40. The Morgan fingerprint density at radius 3 is 1.68 bits per heavy atom. The second-order valence-corrected chi connectivity index (χ2v) is 8.27. The summed E-state index contributed by atoms with van der Waals surface area (Å²) in [6, 6.07) is 6.67. The van der Waals surface area contributed by atoms with Crippen molar-refractivity contribution in [2.75, 3.05) is 13.1 Å². The molecular weight excluding hydrogens is 402 g/mol. The zero-order valence-corrected chi connectivity index (χ0v) is 19.7. The number of carbonyl (C=O) groups excluding carboxylic acids is 4. The molecule has 0 fully saturated rings. The first-order chi connectivity index (χ1) is 14.2. The molecule has 1 aromatic rings. The first-order valence-electron chi connectivity index (χ1n) is 10.1. The number of hydrogen-bond donors (Lipinski definition) is 2. The number of imide groups is 1. The molecule has 31 heavy (non-hydrogen) atoms. The molecule has 0 unspecified atom stereocenters. The van der Waals surface area contributed by atoms with Gasteiger partial charge in [0.05, 0.1) is 11.1 Å². The topological polar surface area (TPSA) is 128 Å². The minimum absolute atomic E-state index is 0. The maximum atomic E-state index is 12.1. The molecule has 0 radical (unpaired) electrons. The highest BCUT2D eigenvalue weighted by Crippen LogP contribution is 2.21. The van der Waals surface area contributed by atoms with E-state index >= 15 is 0 Å². The van der Waals surface area contributed by atoms with Gasteiger partial charge in [0.25, 0.3) is 11.8 Å². The van der Waals surface area contributed by atoms with Crippen LogP contribution in [0.2, 0.25) is 0 Å². The molecule has 0 aliphatic carbocycles. The van der Waals surface area contributed by atoms with Crippen molar-refractivity contribution in [3.8, 4) is 0 Å². The van der Waals surface area contributed by atoms with Gasteiger partial charge in [-0.2, -0.15) is 0 Å². The van der Waals surface area contributed by atoms with Gasteiger partial charge in [-0.25, -0.2) is 9.59 Å². The van der Waals surface area contributed by atoms with Crippen LogP contribution < -0.4 is 11.1 Å². The Hall–Kier alpha value is -3.10. The fourth-order valence-corrected chi connectivity index (χ4v) is 2.33. The van der Waals surface area contributed by atoms with Crippen LogP contribution in [0.15, 0.2) is 24.3 Å². The molecule has 1 aliphatic rings.